The highest BCUT2D eigenvalue weighted by Gasteiger charge is 2.25. The van der Waals surface area contributed by atoms with E-state index >= 15 is 0 Å². The molecule has 0 unspecified atom stereocenters. The van der Waals surface area contributed by atoms with Gasteiger partial charge in [-0.3, -0.25) is 14.2 Å². The lowest BCUT2D eigenvalue weighted by molar-refractivity contribution is -0.128. The fourth-order valence-corrected chi connectivity index (χ4v) is 3.61. The van der Waals surface area contributed by atoms with E-state index in [2.05, 4.69) is 4.98 Å². The molecule has 0 N–H and O–H groups in total. The van der Waals surface area contributed by atoms with E-state index in [4.69, 9.17) is 0 Å². The molecule has 1 aromatic carbocycles. The van der Waals surface area contributed by atoms with E-state index in [-0.39, 0.29) is 17.6 Å². The van der Waals surface area contributed by atoms with Crippen molar-refractivity contribution in [3.63, 3.8) is 0 Å². The van der Waals surface area contributed by atoms with Gasteiger partial charge < -0.3 is 9.80 Å². The first-order chi connectivity index (χ1) is 12.5. The fourth-order valence-electron chi connectivity index (χ4n) is 3.07. The van der Waals surface area contributed by atoms with Crippen LogP contribution in [0.25, 0.3) is 5.69 Å². The highest BCUT2D eigenvalue weighted by molar-refractivity contribution is 7.98. The summed E-state index contributed by atoms with van der Waals surface area (Å²) in [5, 5.41) is 0.667. The second kappa shape index (κ2) is 7.90. The van der Waals surface area contributed by atoms with Crippen LogP contribution < -0.4 is 0 Å². The van der Waals surface area contributed by atoms with Crippen molar-refractivity contribution in [3.05, 3.63) is 42.0 Å². The maximum atomic E-state index is 13.3. The molecular weight excluding hydrogens is 355 g/mol. The number of imidazole rings is 1. The smallest absolute Gasteiger partial charge is 0.272 e. The first-order valence-corrected chi connectivity index (χ1v) is 9.66. The van der Waals surface area contributed by atoms with Gasteiger partial charge in [-0.2, -0.15) is 0 Å². The molecule has 26 heavy (non-hydrogen) atoms. The highest BCUT2D eigenvalue weighted by atomic mass is 32.2. The number of carbonyl (C=O) groups excluding carboxylic acids is 2. The average molecular weight is 376 g/mol. The van der Waals surface area contributed by atoms with Gasteiger partial charge >= 0.3 is 0 Å². The molecule has 1 aliphatic heterocycles. The van der Waals surface area contributed by atoms with Crippen LogP contribution in [0, 0.1) is 5.82 Å². The van der Waals surface area contributed by atoms with Gasteiger partial charge in [0.05, 0.1) is 6.20 Å². The number of thioether (sulfide) groups is 1. The normalized spacial score (nSPS) is 15.0. The van der Waals surface area contributed by atoms with E-state index in [0.29, 0.717) is 42.7 Å². The standard InChI is InChI=1S/C18H21FN4O2S/c1-13(24)21-8-3-9-22(11-10-21)17(25)16-12-20-18(26-2)23(16)15-6-4-14(19)5-7-15/h4-7,12H,3,8-11H2,1-2H3. The Kier molecular flexibility index (Phi) is 5.61. The molecule has 0 spiro atoms. The zero-order valence-electron chi connectivity index (χ0n) is 14.8. The summed E-state index contributed by atoms with van der Waals surface area (Å²) in [5.74, 6) is -0.433. The minimum Gasteiger partial charge on any atom is -0.341 e. The summed E-state index contributed by atoms with van der Waals surface area (Å²) in [6.07, 6.45) is 4.18. The van der Waals surface area contributed by atoms with Crippen LogP contribution in [-0.4, -0.2) is 63.6 Å². The number of aromatic nitrogens is 2. The minimum atomic E-state index is -0.329. The number of rotatable bonds is 3. The lowest BCUT2D eigenvalue weighted by Gasteiger charge is -2.22. The van der Waals surface area contributed by atoms with Gasteiger partial charge in [0.15, 0.2) is 5.16 Å². The van der Waals surface area contributed by atoms with Crippen LogP contribution in [0.4, 0.5) is 4.39 Å². The summed E-state index contributed by atoms with van der Waals surface area (Å²) < 4.78 is 15.0. The average Bonchev–Trinajstić information content (AvgIpc) is 2.90. The molecule has 1 fully saturated rings. The molecular formula is C18H21FN4O2S. The van der Waals surface area contributed by atoms with Crippen LogP contribution in [0.5, 0.6) is 0 Å². The molecule has 1 aromatic heterocycles. The molecule has 1 aliphatic rings. The van der Waals surface area contributed by atoms with E-state index in [1.807, 2.05) is 6.26 Å². The van der Waals surface area contributed by atoms with Crippen LogP contribution >= 0.6 is 11.8 Å². The van der Waals surface area contributed by atoms with Crippen molar-refractivity contribution in [2.45, 2.75) is 18.5 Å². The predicted molar refractivity (Wildman–Crippen MR) is 98.1 cm³/mol. The molecule has 0 saturated carbocycles. The maximum Gasteiger partial charge on any atom is 0.272 e. The number of nitrogens with zero attached hydrogens (tertiary/aromatic N) is 4. The molecule has 8 heteroatoms. The Morgan fingerprint density at radius 1 is 1.08 bits per heavy atom. The van der Waals surface area contributed by atoms with Gasteiger partial charge in [-0.15, -0.1) is 0 Å². The first-order valence-electron chi connectivity index (χ1n) is 8.43. The van der Waals surface area contributed by atoms with Crippen molar-refractivity contribution in [2.24, 2.45) is 0 Å². The first kappa shape index (κ1) is 18.4. The van der Waals surface area contributed by atoms with Gasteiger partial charge in [0.1, 0.15) is 11.5 Å². The molecule has 3 rings (SSSR count). The minimum absolute atomic E-state index is 0.0281. The summed E-state index contributed by atoms with van der Waals surface area (Å²) in [6, 6.07) is 6.00. The van der Waals surface area contributed by atoms with E-state index in [0.717, 1.165) is 6.42 Å². The van der Waals surface area contributed by atoms with Crippen LogP contribution in [0.2, 0.25) is 0 Å². The third-order valence-corrected chi connectivity index (χ3v) is 5.10. The molecule has 0 bridgehead atoms. The van der Waals surface area contributed by atoms with Crippen molar-refractivity contribution in [1.82, 2.24) is 19.4 Å². The van der Waals surface area contributed by atoms with Gasteiger partial charge in [-0.25, -0.2) is 9.37 Å². The summed E-state index contributed by atoms with van der Waals surface area (Å²) in [6.45, 7) is 3.81. The number of hydrogen-bond donors (Lipinski definition) is 0. The van der Waals surface area contributed by atoms with Gasteiger partial charge in [0, 0.05) is 38.8 Å². The summed E-state index contributed by atoms with van der Waals surface area (Å²) in [7, 11) is 0. The molecule has 2 amide bonds. The molecule has 2 heterocycles. The third kappa shape index (κ3) is 3.75. The molecule has 6 nitrogen and oxygen atoms in total. The van der Waals surface area contributed by atoms with E-state index < -0.39 is 0 Å². The zero-order chi connectivity index (χ0) is 18.7. The fraction of sp³-hybridized carbons (Fsp3) is 0.389. The molecule has 0 atom stereocenters. The molecule has 0 radical (unpaired) electrons. The Morgan fingerprint density at radius 2 is 1.73 bits per heavy atom. The monoisotopic (exact) mass is 376 g/mol. The second-order valence-corrected chi connectivity index (χ2v) is 6.87. The Morgan fingerprint density at radius 3 is 2.38 bits per heavy atom. The lowest BCUT2D eigenvalue weighted by atomic mass is 10.3. The third-order valence-electron chi connectivity index (χ3n) is 4.44. The number of benzene rings is 1. The van der Waals surface area contributed by atoms with Gasteiger partial charge in [-0.05, 0) is 36.9 Å². The van der Waals surface area contributed by atoms with Crippen LogP contribution in [-0.2, 0) is 4.79 Å². The lowest BCUT2D eigenvalue weighted by Crippen LogP contribution is -2.37. The van der Waals surface area contributed by atoms with Gasteiger partial charge in [0.2, 0.25) is 5.91 Å². The largest absolute Gasteiger partial charge is 0.341 e. The number of amides is 2. The topological polar surface area (TPSA) is 58.4 Å². The maximum absolute atomic E-state index is 13.3. The predicted octanol–water partition coefficient (Wildman–Crippen LogP) is 2.43. The molecule has 0 aliphatic carbocycles. The Bertz CT molecular complexity index is 806. The SMILES string of the molecule is CSc1ncc(C(=O)N2CCCN(C(C)=O)CC2)n1-c1ccc(F)cc1. The summed E-state index contributed by atoms with van der Waals surface area (Å²) in [4.78, 5) is 32.5. The quantitative estimate of drug-likeness (QED) is 0.772. The Hall–Kier alpha value is -2.35. The summed E-state index contributed by atoms with van der Waals surface area (Å²) in [5.41, 5.74) is 1.13. The number of hydrogen-bond acceptors (Lipinski definition) is 4. The number of carbonyl (C=O) groups is 2. The van der Waals surface area contributed by atoms with Crippen LogP contribution in [0.1, 0.15) is 23.8 Å². The molecule has 1 saturated heterocycles. The van der Waals surface area contributed by atoms with Crippen molar-refractivity contribution in [2.75, 3.05) is 32.4 Å². The van der Waals surface area contributed by atoms with Crippen molar-refractivity contribution in [3.8, 4) is 5.69 Å². The van der Waals surface area contributed by atoms with Crippen molar-refractivity contribution >= 4 is 23.6 Å². The van der Waals surface area contributed by atoms with Crippen molar-refractivity contribution in [1.29, 1.82) is 0 Å². The van der Waals surface area contributed by atoms with Crippen molar-refractivity contribution < 1.29 is 14.0 Å². The highest BCUT2D eigenvalue weighted by Crippen LogP contribution is 2.23. The molecule has 2 aromatic rings. The Labute approximate surface area is 156 Å². The molecule has 138 valence electrons. The van der Waals surface area contributed by atoms with E-state index in [1.165, 1.54) is 23.9 Å². The second-order valence-electron chi connectivity index (χ2n) is 6.09. The van der Waals surface area contributed by atoms with Gasteiger partial charge in [-0.1, -0.05) is 11.8 Å². The zero-order valence-corrected chi connectivity index (χ0v) is 15.6. The van der Waals surface area contributed by atoms with E-state index in [1.54, 1.807) is 39.6 Å². The van der Waals surface area contributed by atoms with Crippen LogP contribution in [0.15, 0.2) is 35.6 Å². The van der Waals surface area contributed by atoms with E-state index in [9.17, 15) is 14.0 Å². The van der Waals surface area contributed by atoms with Gasteiger partial charge in [0.25, 0.3) is 5.91 Å². The Balaban J connectivity index is 1.89. The van der Waals surface area contributed by atoms with Crippen LogP contribution in [0.3, 0.4) is 0 Å². The number of halogens is 1. The summed E-state index contributed by atoms with van der Waals surface area (Å²) >= 11 is 1.42.